The van der Waals surface area contributed by atoms with Crippen LogP contribution in [0.5, 0.6) is 5.75 Å². The molecule has 0 aliphatic carbocycles. The van der Waals surface area contributed by atoms with Crippen LogP contribution in [0.25, 0.3) is 0 Å². The minimum Gasteiger partial charge on any atom is -0.491 e. The van der Waals surface area contributed by atoms with Crippen LogP contribution in [0.2, 0.25) is 0 Å². The number of hydrogen-bond donors (Lipinski definition) is 1. The molecule has 0 saturated carbocycles. The summed E-state index contributed by atoms with van der Waals surface area (Å²) in [5.41, 5.74) is 1.27. The highest BCUT2D eigenvalue weighted by molar-refractivity contribution is 5.30. The highest BCUT2D eigenvalue weighted by Crippen LogP contribution is 2.24. The lowest BCUT2D eigenvalue weighted by Crippen LogP contribution is -2.19. The van der Waals surface area contributed by atoms with E-state index in [1.807, 2.05) is 27.0 Å². The molecule has 0 aromatic heterocycles. The monoisotopic (exact) mass is 265 g/mol. The lowest BCUT2D eigenvalue weighted by Gasteiger charge is -2.20. The Morgan fingerprint density at radius 2 is 1.89 bits per heavy atom. The van der Waals surface area contributed by atoms with Gasteiger partial charge < -0.3 is 14.8 Å². The molecule has 108 valence electrons. The summed E-state index contributed by atoms with van der Waals surface area (Å²) in [6, 6.07) is 8.67. The second-order valence-electron chi connectivity index (χ2n) is 5.20. The Balaban J connectivity index is 2.69. The summed E-state index contributed by atoms with van der Waals surface area (Å²) in [6.45, 7) is 6.19. The topological polar surface area (TPSA) is 30.5 Å². The zero-order valence-electron chi connectivity index (χ0n) is 12.8. The Morgan fingerprint density at radius 1 is 1.16 bits per heavy atom. The van der Waals surface area contributed by atoms with Gasteiger partial charge in [-0.25, -0.2) is 0 Å². The third kappa shape index (κ3) is 5.62. The molecule has 0 aliphatic rings. The zero-order chi connectivity index (χ0) is 14.3. The van der Waals surface area contributed by atoms with Crippen molar-refractivity contribution in [2.45, 2.75) is 51.9 Å². The number of rotatable bonds is 8. The molecular formula is C16H27NO2. The van der Waals surface area contributed by atoms with Crippen LogP contribution in [-0.4, -0.2) is 26.4 Å². The number of hydrogen-bond acceptors (Lipinski definition) is 3. The van der Waals surface area contributed by atoms with E-state index in [0.717, 1.165) is 18.6 Å². The Kier molecular flexibility index (Phi) is 6.89. The Labute approximate surface area is 117 Å². The minimum atomic E-state index is 0.205. The summed E-state index contributed by atoms with van der Waals surface area (Å²) in [7, 11) is 3.76. The maximum atomic E-state index is 5.74. The fourth-order valence-electron chi connectivity index (χ4n) is 2.07. The van der Waals surface area contributed by atoms with Crippen molar-refractivity contribution in [3.8, 4) is 5.75 Å². The second-order valence-corrected chi connectivity index (χ2v) is 5.20. The van der Waals surface area contributed by atoms with Crippen molar-refractivity contribution in [2.24, 2.45) is 0 Å². The predicted molar refractivity (Wildman–Crippen MR) is 79.7 cm³/mol. The highest BCUT2D eigenvalue weighted by Gasteiger charge is 2.12. The molecule has 0 bridgehead atoms. The first-order chi connectivity index (χ1) is 9.06. The van der Waals surface area contributed by atoms with Crippen LogP contribution >= 0.6 is 0 Å². The van der Waals surface area contributed by atoms with E-state index in [4.69, 9.17) is 9.47 Å². The number of methoxy groups -OCH3 is 1. The van der Waals surface area contributed by atoms with Crippen LogP contribution in [-0.2, 0) is 4.74 Å². The molecule has 1 aromatic carbocycles. The van der Waals surface area contributed by atoms with Crippen molar-refractivity contribution >= 4 is 0 Å². The molecule has 1 N–H and O–H groups in total. The Bertz CT molecular complexity index is 366. The number of benzene rings is 1. The van der Waals surface area contributed by atoms with E-state index in [1.165, 1.54) is 5.56 Å². The first-order valence-corrected chi connectivity index (χ1v) is 7.03. The van der Waals surface area contributed by atoms with Crippen molar-refractivity contribution in [3.63, 3.8) is 0 Å². The molecule has 0 amide bonds. The molecule has 19 heavy (non-hydrogen) atoms. The van der Waals surface area contributed by atoms with Gasteiger partial charge in [0, 0.05) is 13.2 Å². The van der Waals surface area contributed by atoms with Crippen molar-refractivity contribution < 1.29 is 9.47 Å². The third-order valence-corrected chi connectivity index (χ3v) is 3.24. The molecule has 1 aromatic rings. The summed E-state index contributed by atoms with van der Waals surface area (Å²) in [4.78, 5) is 0. The van der Waals surface area contributed by atoms with Crippen molar-refractivity contribution in [2.75, 3.05) is 14.2 Å². The number of ether oxygens (including phenoxy) is 2. The van der Waals surface area contributed by atoms with Gasteiger partial charge in [-0.05, 0) is 58.4 Å². The average Bonchev–Trinajstić information content (AvgIpc) is 2.38. The molecule has 3 nitrogen and oxygen atoms in total. The molecule has 0 fully saturated rings. The maximum Gasteiger partial charge on any atom is 0.120 e. The zero-order valence-corrected chi connectivity index (χ0v) is 12.8. The fraction of sp³-hybridized carbons (Fsp3) is 0.625. The highest BCUT2D eigenvalue weighted by atomic mass is 16.5. The van der Waals surface area contributed by atoms with Gasteiger partial charge in [0.2, 0.25) is 0 Å². The first-order valence-electron chi connectivity index (χ1n) is 7.03. The summed E-state index contributed by atoms with van der Waals surface area (Å²) in [5.74, 6) is 0.938. The van der Waals surface area contributed by atoms with Crippen LogP contribution < -0.4 is 10.1 Å². The van der Waals surface area contributed by atoms with Crippen LogP contribution in [0.3, 0.4) is 0 Å². The summed E-state index contributed by atoms with van der Waals surface area (Å²) >= 11 is 0. The molecule has 3 heteroatoms. The van der Waals surface area contributed by atoms with Crippen LogP contribution in [0, 0.1) is 0 Å². The molecular weight excluding hydrogens is 238 g/mol. The first kappa shape index (κ1) is 16.0. The predicted octanol–water partition coefficient (Wildman–Crippen LogP) is 3.55. The minimum absolute atomic E-state index is 0.205. The molecule has 2 unspecified atom stereocenters. The van der Waals surface area contributed by atoms with Crippen molar-refractivity contribution in [3.05, 3.63) is 29.8 Å². The van der Waals surface area contributed by atoms with Crippen molar-refractivity contribution in [1.29, 1.82) is 0 Å². The smallest absolute Gasteiger partial charge is 0.120 e. The normalized spacial score (nSPS) is 14.4. The molecule has 0 radical (unpaired) electrons. The van der Waals surface area contributed by atoms with E-state index in [2.05, 4.69) is 30.4 Å². The van der Waals surface area contributed by atoms with E-state index in [1.54, 1.807) is 7.11 Å². The fourth-order valence-corrected chi connectivity index (χ4v) is 2.07. The summed E-state index contributed by atoms with van der Waals surface area (Å²) in [6.07, 6.45) is 2.59. The summed E-state index contributed by atoms with van der Waals surface area (Å²) in [5, 5.41) is 3.37. The van der Waals surface area contributed by atoms with Gasteiger partial charge in [-0.15, -0.1) is 0 Å². The second kappa shape index (κ2) is 8.18. The lowest BCUT2D eigenvalue weighted by atomic mass is 10.0. The number of nitrogens with one attached hydrogen (secondary N) is 1. The van der Waals surface area contributed by atoms with Crippen LogP contribution in [0.4, 0.5) is 0 Å². The quantitative estimate of drug-likeness (QED) is 0.779. The Morgan fingerprint density at radius 3 is 2.47 bits per heavy atom. The average molecular weight is 265 g/mol. The third-order valence-electron chi connectivity index (χ3n) is 3.24. The van der Waals surface area contributed by atoms with Crippen LogP contribution in [0.15, 0.2) is 24.3 Å². The summed E-state index contributed by atoms with van der Waals surface area (Å²) < 4.78 is 11.0. The van der Waals surface area contributed by atoms with Gasteiger partial charge in [0.1, 0.15) is 5.75 Å². The molecule has 0 saturated heterocycles. The van der Waals surface area contributed by atoms with Gasteiger partial charge in [0.05, 0.1) is 12.2 Å². The van der Waals surface area contributed by atoms with Crippen molar-refractivity contribution in [1.82, 2.24) is 5.32 Å². The molecule has 0 heterocycles. The Hall–Kier alpha value is -1.06. The molecule has 0 spiro atoms. The van der Waals surface area contributed by atoms with Gasteiger partial charge in [-0.1, -0.05) is 12.1 Å². The SMILES string of the molecule is CNC(CCC(C)OC)c1cccc(OC(C)C)c1. The van der Waals surface area contributed by atoms with Gasteiger partial charge in [-0.3, -0.25) is 0 Å². The van der Waals surface area contributed by atoms with E-state index in [9.17, 15) is 0 Å². The standard InChI is InChI=1S/C16H27NO2/c1-12(2)19-15-8-6-7-14(11-15)16(17-4)10-9-13(3)18-5/h6-8,11-13,16-17H,9-10H2,1-5H3. The van der Waals surface area contributed by atoms with Gasteiger partial charge in [0.25, 0.3) is 0 Å². The lowest BCUT2D eigenvalue weighted by molar-refractivity contribution is 0.106. The van der Waals surface area contributed by atoms with Gasteiger partial charge in [-0.2, -0.15) is 0 Å². The van der Waals surface area contributed by atoms with Crippen LogP contribution in [0.1, 0.15) is 45.2 Å². The van der Waals surface area contributed by atoms with Gasteiger partial charge in [0.15, 0.2) is 0 Å². The van der Waals surface area contributed by atoms with E-state index in [-0.39, 0.29) is 6.10 Å². The molecule has 1 rings (SSSR count). The molecule has 0 aliphatic heterocycles. The van der Waals surface area contributed by atoms with E-state index >= 15 is 0 Å². The van der Waals surface area contributed by atoms with Gasteiger partial charge >= 0.3 is 0 Å². The maximum absolute atomic E-state index is 5.74. The largest absolute Gasteiger partial charge is 0.491 e. The van der Waals surface area contributed by atoms with E-state index < -0.39 is 0 Å². The van der Waals surface area contributed by atoms with E-state index in [0.29, 0.717) is 12.1 Å². The molecule has 2 atom stereocenters.